The van der Waals surface area contributed by atoms with Gasteiger partial charge in [-0.3, -0.25) is 9.48 Å². The third kappa shape index (κ3) is 3.36. The lowest BCUT2D eigenvalue weighted by atomic mass is 9.96. The van der Waals surface area contributed by atoms with Gasteiger partial charge in [0.15, 0.2) is 0 Å². The number of imidazole rings is 1. The average molecular weight is 331 g/mol. The molecule has 0 radical (unpaired) electrons. The molecule has 0 bridgehead atoms. The largest absolute Gasteiger partial charge is 0.377 e. The molecular weight excluding hydrogens is 306 g/mol. The molecule has 3 heterocycles. The molecule has 0 aromatic carbocycles. The van der Waals surface area contributed by atoms with E-state index in [2.05, 4.69) is 21.6 Å². The highest BCUT2D eigenvalue weighted by molar-refractivity contribution is 5.92. The minimum Gasteiger partial charge on any atom is -0.377 e. The summed E-state index contributed by atoms with van der Waals surface area (Å²) in [6, 6.07) is 1.78. The lowest BCUT2D eigenvalue weighted by Crippen LogP contribution is -2.40. The van der Waals surface area contributed by atoms with Gasteiger partial charge in [-0.1, -0.05) is 0 Å². The van der Waals surface area contributed by atoms with E-state index in [4.69, 9.17) is 4.74 Å². The quantitative estimate of drug-likeness (QED) is 0.835. The van der Waals surface area contributed by atoms with Crippen LogP contribution in [0.5, 0.6) is 0 Å². The molecule has 0 spiro atoms. The van der Waals surface area contributed by atoms with E-state index in [-0.39, 0.29) is 5.91 Å². The first kappa shape index (κ1) is 16.7. The van der Waals surface area contributed by atoms with Crippen LogP contribution >= 0.6 is 0 Å². The van der Waals surface area contributed by atoms with Gasteiger partial charge in [0.2, 0.25) is 0 Å². The summed E-state index contributed by atoms with van der Waals surface area (Å²) in [6.07, 6.45) is 5.58. The Kier molecular flexibility index (Phi) is 4.99. The van der Waals surface area contributed by atoms with Crippen LogP contribution in [-0.4, -0.2) is 50.3 Å². The number of hydrogen-bond acceptors (Lipinski definition) is 4. The molecule has 1 aliphatic rings. The molecule has 1 aliphatic heterocycles. The Balaban J connectivity index is 1.59. The first-order chi connectivity index (χ1) is 11.6. The van der Waals surface area contributed by atoms with E-state index in [1.165, 1.54) is 0 Å². The van der Waals surface area contributed by atoms with Crippen molar-refractivity contribution >= 4 is 5.91 Å². The van der Waals surface area contributed by atoms with Crippen molar-refractivity contribution in [3.63, 3.8) is 0 Å². The number of methoxy groups -OCH3 is 1. The molecule has 2 aromatic heterocycles. The van der Waals surface area contributed by atoms with Crippen LogP contribution in [0.3, 0.4) is 0 Å². The Bertz CT molecular complexity index is 698. The van der Waals surface area contributed by atoms with E-state index < -0.39 is 0 Å². The molecule has 0 unspecified atom stereocenters. The number of rotatable bonds is 5. The van der Waals surface area contributed by atoms with E-state index >= 15 is 0 Å². The summed E-state index contributed by atoms with van der Waals surface area (Å²) in [5, 5.41) is 4.08. The van der Waals surface area contributed by atoms with Crippen LogP contribution in [0.1, 0.15) is 34.8 Å². The van der Waals surface area contributed by atoms with Gasteiger partial charge in [-0.15, -0.1) is 0 Å². The van der Waals surface area contributed by atoms with Crippen LogP contribution in [0.2, 0.25) is 0 Å². The number of likely N-dealkylation sites (tertiary alicyclic amines) is 1. The zero-order chi connectivity index (χ0) is 17.1. The summed E-state index contributed by atoms with van der Waals surface area (Å²) in [4.78, 5) is 18.9. The maximum absolute atomic E-state index is 12.5. The van der Waals surface area contributed by atoms with Crippen molar-refractivity contribution in [2.75, 3.05) is 20.2 Å². The van der Waals surface area contributed by atoms with Crippen LogP contribution < -0.4 is 0 Å². The summed E-state index contributed by atoms with van der Waals surface area (Å²) < 4.78 is 9.11. The van der Waals surface area contributed by atoms with Crippen molar-refractivity contribution in [1.29, 1.82) is 0 Å². The second-order valence-corrected chi connectivity index (χ2v) is 6.44. The van der Waals surface area contributed by atoms with E-state index in [1.807, 2.05) is 11.1 Å². The fourth-order valence-corrected chi connectivity index (χ4v) is 3.33. The van der Waals surface area contributed by atoms with E-state index in [9.17, 15) is 4.79 Å². The Morgan fingerprint density at radius 1 is 1.38 bits per heavy atom. The third-order valence-electron chi connectivity index (χ3n) is 4.79. The SMILES string of the molecule is COCc1ncc(C)n1CC1CCN(C(=O)c2ccnn2C)CC1. The van der Waals surface area contributed by atoms with Crippen molar-refractivity contribution in [3.8, 4) is 0 Å². The van der Waals surface area contributed by atoms with Gasteiger partial charge in [0.1, 0.15) is 18.1 Å². The van der Waals surface area contributed by atoms with Gasteiger partial charge in [-0.2, -0.15) is 5.10 Å². The van der Waals surface area contributed by atoms with Gasteiger partial charge in [-0.05, 0) is 31.7 Å². The zero-order valence-corrected chi connectivity index (χ0v) is 14.6. The van der Waals surface area contributed by atoms with Crippen molar-refractivity contribution in [3.05, 3.63) is 35.7 Å². The van der Waals surface area contributed by atoms with Gasteiger partial charge in [0.25, 0.3) is 5.91 Å². The minimum absolute atomic E-state index is 0.0762. The lowest BCUT2D eigenvalue weighted by molar-refractivity contribution is 0.0670. The first-order valence-corrected chi connectivity index (χ1v) is 8.37. The molecule has 3 rings (SSSR count). The highest BCUT2D eigenvalue weighted by Crippen LogP contribution is 2.22. The Hall–Kier alpha value is -2.15. The van der Waals surface area contributed by atoms with E-state index in [1.54, 1.807) is 31.1 Å². The van der Waals surface area contributed by atoms with Crippen LogP contribution in [0.15, 0.2) is 18.5 Å². The number of nitrogens with zero attached hydrogens (tertiary/aromatic N) is 5. The van der Waals surface area contributed by atoms with Crippen molar-refractivity contribution in [1.82, 2.24) is 24.2 Å². The fraction of sp³-hybridized carbons (Fsp3) is 0.588. The minimum atomic E-state index is 0.0762. The number of carbonyl (C=O) groups excluding carboxylic acids is 1. The van der Waals surface area contributed by atoms with E-state index in [0.717, 1.165) is 44.0 Å². The Morgan fingerprint density at radius 3 is 2.75 bits per heavy atom. The standard InChI is InChI=1S/C17H25N5O2/c1-13-10-18-16(12-24-3)22(13)11-14-5-8-21(9-6-14)17(23)15-4-7-19-20(15)2/h4,7,10,14H,5-6,8-9,11-12H2,1-3H3. The topological polar surface area (TPSA) is 65.2 Å². The molecule has 130 valence electrons. The third-order valence-corrected chi connectivity index (χ3v) is 4.79. The normalized spacial score (nSPS) is 15.9. The number of hydrogen-bond donors (Lipinski definition) is 0. The molecule has 0 aliphatic carbocycles. The average Bonchev–Trinajstić information content (AvgIpc) is 3.16. The van der Waals surface area contributed by atoms with Crippen molar-refractivity contribution < 1.29 is 9.53 Å². The van der Waals surface area contributed by atoms with Crippen LogP contribution in [0, 0.1) is 12.8 Å². The van der Waals surface area contributed by atoms with Gasteiger partial charge in [-0.25, -0.2) is 4.98 Å². The highest BCUT2D eigenvalue weighted by Gasteiger charge is 2.26. The summed E-state index contributed by atoms with van der Waals surface area (Å²) in [5.74, 6) is 1.61. The second-order valence-electron chi connectivity index (χ2n) is 6.44. The highest BCUT2D eigenvalue weighted by atomic mass is 16.5. The number of carbonyl (C=O) groups is 1. The Labute approximate surface area is 142 Å². The van der Waals surface area contributed by atoms with Crippen molar-refractivity contribution in [2.24, 2.45) is 13.0 Å². The molecule has 7 nitrogen and oxygen atoms in total. The fourth-order valence-electron chi connectivity index (χ4n) is 3.33. The van der Waals surface area contributed by atoms with Crippen LogP contribution in [0.4, 0.5) is 0 Å². The Morgan fingerprint density at radius 2 is 2.12 bits per heavy atom. The monoisotopic (exact) mass is 331 g/mol. The molecule has 0 saturated carbocycles. The van der Waals surface area contributed by atoms with Crippen LogP contribution in [0.25, 0.3) is 0 Å². The number of aryl methyl sites for hydroxylation is 2. The van der Waals surface area contributed by atoms with Gasteiger partial charge in [0.05, 0.1) is 0 Å². The number of amides is 1. The molecule has 1 saturated heterocycles. The summed E-state index contributed by atoms with van der Waals surface area (Å²) in [5.41, 5.74) is 1.82. The summed E-state index contributed by atoms with van der Waals surface area (Å²) in [7, 11) is 3.50. The lowest BCUT2D eigenvalue weighted by Gasteiger charge is -2.32. The predicted octanol–water partition coefficient (Wildman–Crippen LogP) is 1.62. The molecule has 7 heteroatoms. The number of ether oxygens (including phenoxy) is 1. The zero-order valence-electron chi connectivity index (χ0n) is 14.6. The van der Waals surface area contributed by atoms with Gasteiger partial charge in [0, 0.05) is 51.9 Å². The molecule has 1 amide bonds. The molecule has 0 N–H and O–H groups in total. The maximum Gasteiger partial charge on any atom is 0.272 e. The van der Waals surface area contributed by atoms with Gasteiger partial charge < -0.3 is 14.2 Å². The number of aromatic nitrogens is 4. The first-order valence-electron chi connectivity index (χ1n) is 8.37. The summed E-state index contributed by atoms with van der Waals surface area (Å²) in [6.45, 7) is 5.14. The molecule has 24 heavy (non-hydrogen) atoms. The smallest absolute Gasteiger partial charge is 0.272 e. The number of piperidine rings is 1. The maximum atomic E-state index is 12.5. The van der Waals surface area contributed by atoms with Crippen molar-refractivity contribution in [2.45, 2.75) is 32.9 Å². The van der Waals surface area contributed by atoms with E-state index in [0.29, 0.717) is 18.2 Å². The second kappa shape index (κ2) is 7.17. The van der Waals surface area contributed by atoms with Crippen LogP contribution in [-0.2, 0) is 24.9 Å². The molecule has 0 atom stereocenters. The predicted molar refractivity (Wildman–Crippen MR) is 89.5 cm³/mol. The molecule has 1 fully saturated rings. The van der Waals surface area contributed by atoms with Gasteiger partial charge >= 0.3 is 0 Å². The molecule has 2 aromatic rings. The molecular formula is C17H25N5O2. The summed E-state index contributed by atoms with van der Waals surface area (Å²) >= 11 is 0.